The summed E-state index contributed by atoms with van der Waals surface area (Å²) in [7, 11) is 1.42. The minimum absolute atomic E-state index is 0.0552. The first-order valence-electron chi connectivity index (χ1n) is 11.4. The van der Waals surface area contributed by atoms with E-state index in [0.29, 0.717) is 16.7 Å². The molecule has 2 aliphatic rings. The minimum Gasteiger partial charge on any atom is -0.504 e. The van der Waals surface area contributed by atoms with Crippen LogP contribution in [0.1, 0.15) is 28.7 Å². The van der Waals surface area contributed by atoms with Crippen molar-refractivity contribution in [1.82, 2.24) is 0 Å². The number of aliphatic hydroxyl groups excluding tert-OH is 6. The molecule has 7 atom stereocenters. The molecule has 11 heteroatoms. The number of hydrogen-bond donors (Lipinski definition) is 7. The van der Waals surface area contributed by atoms with Gasteiger partial charge in [0.25, 0.3) is 0 Å². The van der Waals surface area contributed by atoms with Crippen LogP contribution in [-0.4, -0.2) is 93.4 Å². The molecule has 36 heavy (non-hydrogen) atoms. The van der Waals surface area contributed by atoms with E-state index in [4.69, 9.17) is 18.9 Å². The maximum Gasteiger partial charge on any atom is 0.229 e. The van der Waals surface area contributed by atoms with Crippen LogP contribution in [0.25, 0.3) is 6.08 Å². The fourth-order valence-electron chi connectivity index (χ4n) is 4.45. The lowest BCUT2D eigenvalue weighted by molar-refractivity contribution is -0.277. The number of ether oxygens (including phenoxy) is 4. The first kappa shape index (κ1) is 26.2. The summed E-state index contributed by atoms with van der Waals surface area (Å²) < 4.78 is 22.8. The summed E-state index contributed by atoms with van der Waals surface area (Å²) in [6.07, 6.45) is -4.98. The Kier molecular flexibility index (Phi) is 8.00. The standard InChI is InChI=1S/C25H30O11/c1-33-17-9-13(4-5-16(17)29)23-15(10-27)14-7-12(3-2-6-26)8-18(24(14)36-23)34-25-22(32)21(31)20(30)19(11-28)35-25/h2-5,7-9,15,19-23,25-32H,6,10-11H2,1H3/t15-,19-,20-,21+,22-,23-,25+/m0/s1. The predicted octanol–water partition coefficient (Wildman–Crippen LogP) is -0.205. The number of methoxy groups -OCH3 is 1. The number of aromatic hydroxyl groups is 1. The molecule has 11 nitrogen and oxygen atoms in total. The normalized spacial score (nSPS) is 29.7. The minimum atomic E-state index is -1.64. The van der Waals surface area contributed by atoms with Crippen molar-refractivity contribution in [1.29, 1.82) is 0 Å². The molecular formula is C25H30O11. The highest BCUT2D eigenvalue weighted by atomic mass is 16.7. The molecule has 0 aliphatic carbocycles. The monoisotopic (exact) mass is 506 g/mol. The van der Waals surface area contributed by atoms with Crippen molar-refractivity contribution < 1.29 is 54.7 Å². The smallest absolute Gasteiger partial charge is 0.229 e. The molecule has 196 valence electrons. The van der Waals surface area contributed by atoms with Gasteiger partial charge in [-0.2, -0.15) is 0 Å². The second kappa shape index (κ2) is 11.0. The predicted molar refractivity (Wildman–Crippen MR) is 125 cm³/mol. The van der Waals surface area contributed by atoms with Crippen LogP contribution in [0.5, 0.6) is 23.0 Å². The van der Waals surface area contributed by atoms with Crippen LogP contribution in [0, 0.1) is 0 Å². The lowest BCUT2D eigenvalue weighted by Crippen LogP contribution is -2.60. The van der Waals surface area contributed by atoms with Gasteiger partial charge in [0.15, 0.2) is 23.0 Å². The third-order valence-electron chi connectivity index (χ3n) is 6.35. The zero-order valence-electron chi connectivity index (χ0n) is 19.5. The maximum absolute atomic E-state index is 10.4. The Morgan fingerprint density at radius 1 is 0.944 bits per heavy atom. The molecule has 2 heterocycles. The summed E-state index contributed by atoms with van der Waals surface area (Å²) >= 11 is 0. The molecule has 0 radical (unpaired) electrons. The topological polar surface area (TPSA) is 179 Å². The lowest BCUT2D eigenvalue weighted by Gasteiger charge is -2.39. The molecule has 2 aromatic rings. The molecule has 4 rings (SSSR count). The van der Waals surface area contributed by atoms with Gasteiger partial charge in [-0.15, -0.1) is 0 Å². The van der Waals surface area contributed by atoms with Crippen molar-refractivity contribution in [3.8, 4) is 23.0 Å². The molecule has 1 fully saturated rings. The Morgan fingerprint density at radius 2 is 1.72 bits per heavy atom. The Hall–Kier alpha value is -2.90. The summed E-state index contributed by atoms with van der Waals surface area (Å²) in [6.45, 7) is -1.13. The van der Waals surface area contributed by atoms with E-state index < -0.39 is 49.3 Å². The van der Waals surface area contributed by atoms with E-state index in [9.17, 15) is 35.7 Å². The highest BCUT2D eigenvalue weighted by molar-refractivity contribution is 5.62. The van der Waals surface area contributed by atoms with Gasteiger partial charge in [-0.05, 0) is 35.4 Å². The van der Waals surface area contributed by atoms with Gasteiger partial charge in [-0.3, -0.25) is 0 Å². The lowest BCUT2D eigenvalue weighted by atomic mass is 9.90. The van der Waals surface area contributed by atoms with Crippen LogP contribution in [0.3, 0.4) is 0 Å². The fraction of sp³-hybridized carbons (Fsp3) is 0.440. The average Bonchev–Trinajstić information content (AvgIpc) is 3.26. The zero-order valence-corrected chi connectivity index (χ0v) is 19.5. The third-order valence-corrected chi connectivity index (χ3v) is 6.35. The Labute approximate surface area is 207 Å². The molecule has 7 N–H and O–H groups in total. The molecule has 0 spiro atoms. The van der Waals surface area contributed by atoms with Crippen molar-refractivity contribution in [3.05, 3.63) is 53.1 Å². The third kappa shape index (κ3) is 4.87. The Bertz CT molecular complexity index is 1090. The van der Waals surface area contributed by atoms with Crippen LogP contribution in [0.2, 0.25) is 0 Å². The van der Waals surface area contributed by atoms with Crippen molar-refractivity contribution in [2.45, 2.75) is 42.7 Å². The first-order valence-corrected chi connectivity index (χ1v) is 11.4. The van der Waals surface area contributed by atoms with Crippen LogP contribution < -0.4 is 14.2 Å². The molecule has 0 bridgehead atoms. The molecule has 0 amide bonds. The summed E-state index contributed by atoms with van der Waals surface area (Å²) in [4.78, 5) is 0. The number of aliphatic hydroxyl groups is 6. The second-order valence-corrected chi connectivity index (χ2v) is 8.60. The van der Waals surface area contributed by atoms with Gasteiger partial charge in [-0.1, -0.05) is 18.2 Å². The molecular weight excluding hydrogens is 476 g/mol. The van der Waals surface area contributed by atoms with E-state index in [1.54, 1.807) is 30.3 Å². The quantitative estimate of drug-likeness (QED) is 0.252. The van der Waals surface area contributed by atoms with Crippen LogP contribution in [0.15, 0.2) is 36.4 Å². The van der Waals surface area contributed by atoms with E-state index in [0.717, 1.165) is 0 Å². The number of benzene rings is 2. The molecule has 0 unspecified atom stereocenters. The van der Waals surface area contributed by atoms with Crippen molar-refractivity contribution in [3.63, 3.8) is 0 Å². The number of rotatable bonds is 8. The number of fused-ring (bicyclic) bond motifs is 1. The highest BCUT2D eigenvalue weighted by Crippen LogP contribution is 2.52. The molecule has 0 aromatic heterocycles. The fourth-order valence-corrected chi connectivity index (χ4v) is 4.45. The van der Waals surface area contributed by atoms with Crippen LogP contribution in [0.4, 0.5) is 0 Å². The summed E-state index contributed by atoms with van der Waals surface area (Å²) in [5, 5.41) is 69.6. The summed E-state index contributed by atoms with van der Waals surface area (Å²) in [6, 6.07) is 8.03. The van der Waals surface area contributed by atoms with Crippen LogP contribution in [-0.2, 0) is 4.74 Å². The van der Waals surface area contributed by atoms with E-state index in [1.165, 1.54) is 19.3 Å². The molecule has 1 saturated heterocycles. The number of phenolic OH excluding ortho intramolecular Hbond substituents is 1. The first-order chi connectivity index (χ1) is 17.3. The van der Waals surface area contributed by atoms with Gasteiger partial charge >= 0.3 is 0 Å². The van der Waals surface area contributed by atoms with E-state index in [2.05, 4.69) is 0 Å². The maximum atomic E-state index is 10.4. The van der Waals surface area contributed by atoms with Crippen LogP contribution >= 0.6 is 0 Å². The van der Waals surface area contributed by atoms with Gasteiger partial charge in [0.2, 0.25) is 6.29 Å². The van der Waals surface area contributed by atoms with E-state index in [1.807, 2.05) is 0 Å². The van der Waals surface area contributed by atoms with Gasteiger partial charge in [0, 0.05) is 5.56 Å². The van der Waals surface area contributed by atoms with Crippen molar-refractivity contribution >= 4 is 6.08 Å². The SMILES string of the molecule is COc1cc([C@@H]2Oc3c(O[C@@H]4O[C@@H](CO)[C@H](O)[C@@H](O)[C@@H]4O)cc(C=CCO)cc3[C@@H]2CO)ccc1O. The zero-order chi connectivity index (χ0) is 26.0. The number of hydrogen-bond acceptors (Lipinski definition) is 11. The highest BCUT2D eigenvalue weighted by Gasteiger charge is 2.46. The molecule has 0 saturated carbocycles. The van der Waals surface area contributed by atoms with Gasteiger partial charge < -0.3 is 54.7 Å². The largest absolute Gasteiger partial charge is 0.504 e. The number of phenols is 1. The van der Waals surface area contributed by atoms with Crippen molar-refractivity contribution in [2.75, 3.05) is 26.9 Å². The molecule has 2 aromatic carbocycles. The summed E-state index contributed by atoms with van der Waals surface area (Å²) in [5.41, 5.74) is 1.79. The van der Waals surface area contributed by atoms with E-state index >= 15 is 0 Å². The Morgan fingerprint density at radius 3 is 2.39 bits per heavy atom. The average molecular weight is 507 g/mol. The Balaban J connectivity index is 1.73. The van der Waals surface area contributed by atoms with Crippen molar-refractivity contribution in [2.24, 2.45) is 0 Å². The van der Waals surface area contributed by atoms with Gasteiger partial charge in [0.1, 0.15) is 30.5 Å². The van der Waals surface area contributed by atoms with Gasteiger partial charge in [-0.25, -0.2) is 0 Å². The molecule has 2 aliphatic heterocycles. The second-order valence-electron chi connectivity index (χ2n) is 8.60. The summed E-state index contributed by atoms with van der Waals surface area (Å²) in [5.74, 6) is -0.00679. The van der Waals surface area contributed by atoms with Gasteiger partial charge in [0.05, 0.1) is 32.8 Å². The van der Waals surface area contributed by atoms with E-state index in [-0.39, 0.29) is 36.2 Å².